The second-order valence-corrected chi connectivity index (χ2v) is 5.94. The molecule has 0 aromatic carbocycles. The Hall–Kier alpha value is -1.09. The van der Waals surface area contributed by atoms with Gasteiger partial charge in [-0.3, -0.25) is 0 Å². The number of carbonyl (C=O) groups excluding carboxylic acids is 1. The van der Waals surface area contributed by atoms with E-state index in [4.69, 9.17) is 16.3 Å². The molecule has 0 bridgehead atoms. The van der Waals surface area contributed by atoms with Crippen LogP contribution in [0.4, 0.5) is 0 Å². The van der Waals surface area contributed by atoms with E-state index in [9.17, 15) is 4.79 Å². The summed E-state index contributed by atoms with van der Waals surface area (Å²) in [5.41, 5.74) is 1.21. The topological polar surface area (TPSA) is 39.2 Å². The lowest BCUT2D eigenvalue weighted by atomic mass is 9.83. The number of ether oxygens (including phenoxy) is 1. The van der Waals surface area contributed by atoms with Crippen LogP contribution in [-0.4, -0.2) is 17.6 Å². The van der Waals surface area contributed by atoms with Crippen LogP contribution >= 0.6 is 11.6 Å². The predicted molar refractivity (Wildman–Crippen MR) is 75.4 cm³/mol. The van der Waals surface area contributed by atoms with Gasteiger partial charge in [-0.05, 0) is 43.7 Å². The smallest absolute Gasteiger partial charge is 0.338 e. The minimum atomic E-state index is -0.300. The molecule has 104 valence electrons. The summed E-state index contributed by atoms with van der Waals surface area (Å²) in [6.07, 6.45) is 4.85. The van der Waals surface area contributed by atoms with E-state index >= 15 is 0 Å². The number of nitrogens with zero attached hydrogens (tertiary/aromatic N) is 1. The molecule has 1 saturated carbocycles. The average Bonchev–Trinajstić information content (AvgIpc) is 2.35. The molecule has 1 heterocycles. The van der Waals surface area contributed by atoms with Crippen molar-refractivity contribution in [1.82, 2.24) is 4.98 Å². The Morgan fingerprint density at radius 1 is 1.47 bits per heavy atom. The fraction of sp³-hybridized carbons (Fsp3) is 0.600. The molecule has 2 unspecified atom stereocenters. The van der Waals surface area contributed by atoms with Crippen molar-refractivity contribution in [3.8, 4) is 0 Å². The molecule has 19 heavy (non-hydrogen) atoms. The van der Waals surface area contributed by atoms with Crippen LogP contribution in [0.2, 0.25) is 5.15 Å². The highest BCUT2D eigenvalue weighted by Crippen LogP contribution is 2.28. The number of rotatable bonds is 3. The van der Waals surface area contributed by atoms with Crippen LogP contribution in [0, 0.1) is 18.8 Å². The average molecular weight is 282 g/mol. The van der Waals surface area contributed by atoms with Gasteiger partial charge in [0, 0.05) is 5.69 Å². The van der Waals surface area contributed by atoms with Crippen LogP contribution in [-0.2, 0) is 4.74 Å². The van der Waals surface area contributed by atoms with Gasteiger partial charge in [-0.15, -0.1) is 0 Å². The lowest BCUT2D eigenvalue weighted by molar-refractivity contribution is 0.0390. The largest absolute Gasteiger partial charge is 0.462 e. The van der Waals surface area contributed by atoms with Crippen molar-refractivity contribution in [1.29, 1.82) is 0 Å². The molecule has 1 aromatic rings. The number of aryl methyl sites for hydroxylation is 1. The van der Waals surface area contributed by atoms with E-state index in [1.807, 2.05) is 6.92 Å². The molecule has 1 aliphatic rings. The van der Waals surface area contributed by atoms with Crippen LogP contribution in [0.3, 0.4) is 0 Å². The van der Waals surface area contributed by atoms with Crippen molar-refractivity contribution in [3.63, 3.8) is 0 Å². The maximum atomic E-state index is 12.0. The summed E-state index contributed by atoms with van der Waals surface area (Å²) in [6.45, 7) is 4.59. The van der Waals surface area contributed by atoms with E-state index in [1.54, 1.807) is 12.1 Å². The van der Waals surface area contributed by atoms with E-state index in [0.717, 1.165) is 24.5 Å². The Balaban J connectivity index is 1.90. The van der Waals surface area contributed by atoms with Crippen molar-refractivity contribution in [2.45, 2.75) is 39.5 Å². The number of hydrogen-bond donors (Lipinski definition) is 0. The van der Waals surface area contributed by atoms with Gasteiger partial charge in [-0.25, -0.2) is 9.78 Å². The molecule has 0 radical (unpaired) electrons. The van der Waals surface area contributed by atoms with Gasteiger partial charge in [0.2, 0.25) is 0 Å². The monoisotopic (exact) mass is 281 g/mol. The van der Waals surface area contributed by atoms with E-state index < -0.39 is 0 Å². The van der Waals surface area contributed by atoms with E-state index in [0.29, 0.717) is 23.2 Å². The maximum Gasteiger partial charge on any atom is 0.338 e. The van der Waals surface area contributed by atoms with Crippen molar-refractivity contribution in [2.75, 3.05) is 6.61 Å². The van der Waals surface area contributed by atoms with Crippen LogP contribution in [0.5, 0.6) is 0 Å². The molecule has 0 spiro atoms. The van der Waals surface area contributed by atoms with Crippen molar-refractivity contribution >= 4 is 17.6 Å². The summed E-state index contributed by atoms with van der Waals surface area (Å²) < 4.78 is 5.40. The Morgan fingerprint density at radius 2 is 2.26 bits per heavy atom. The van der Waals surface area contributed by atoms with E-state index in [-0.39, 0.29) is 5.97 Å². The SMILES string of the molecule is Cc1cc(C(=O)OCC2CCCC(C)C2)cc(Cl)n1. The lowest BCUT2D eigenvalue weighted by Gasteiger charge is -2.26. The molecule has 1 aromatic heterocycles. The van der Waals surface area contributed by atoms with Crippen LogP contribution in [0.25, 0.3) is 0 Å². The molecule has 0 amide bonds. The molecule has 2 rings (SSSR count). The van der Waals surface area contributed by atoms with Crippen LogP contribution < -0.4 is 0 Å². The third kappa shape index (κ3) is 4.20. The van der Waals surface area contributed by atoms with Gasteiger partial charge < -0.3 is 4.74 Å². The van der Waals surface area contributed by atoms with Crippen molar-refractivity contribution in [2.24, 2.45) is 11.8 Å². The first-order valence-corrected chi connectivity index (χ1v) is 7.23. The Bertz CT molecular complexity index is 441. The van der Waals surface area contributed by atoms with Gasteiger partial charge in [0.25, 0.3) is 0 Å². The van der Waals surface area contributed by atoms with E-state index in [2.05, 4.69) is 11.9 Å². The molecule has 4 heteroatoms. The zero-order valence-corrected chi connectivity index (χ0v) is 12.2. The Labute approximate surface area is 119 Å². The number of halogens is 1. The van der Waals surface area contributed by atoms with Crippen LogP contribution in [0.1, 0.15) is 48.7 Å². The summed E-state index contributed by atoms with van der Waals surface area (Å²) >= 11 is 5.84. The normalized spacial score (nSPS) is 23.1. The quantitative estimate of drug-likeness (QED) is 0.620. The third-order valence-corrected chi connectivity index (χ3v) is 3.85. The van der Waals surface area contributed by atoms with Gasteiger partial charge in [-0.2, -0.15) is 0 Å². The fourth-order valence-electron chi connectivity index (χ4n) is 2.73. The van der Waals surface area contributed by atoms with Gasteiger partial charge in [-0.1, -0.05) is 31.4 Å². The van der Waals surface area contributed by atoms with Crippen molar-refractivity contribution in [3.05, 3.63) is 28.5 Å². The standard InChI is InChI=1S/C15H20ClNO2/c1-10-4-3-5-12(6-10)9-19-15(18)13-7-11(2)17-14(16)8-13/h7-8,10,12H,3-6,9H2,1-2H3. The Morgan fingerprint density at radius 3 is 2.95 bits per heavy atom. The number of aromatic nitrogens is 1. The second kappa shape index (κ2) is 6.38. The minimum Gasteiger partial charge on any atom is -0.462 e. The zero-order chi connectivity index (χ0) is 13.8. The third-order valence-electron chi connectivity index (χ3n) is 3.65. The van der Waals surface area contributed by atoms with Gasteiger partial charge in [0.05, 0.1) is 12.2 Å². The molecule has 1 aliphatic carbocycles. The first-order valence-electron chi connectivity index (χ1n) is 6.86. The Kier molecular flexibility index (Phi) is 4.81. The van der Waals surface area contributed by atoms with Crippen LogP contribution in [0.15, 0.2) is 12.1 Å². The molecule has 3 nitrogen and oxygen atoms in total. The predicted octanol–water partition coefficient (Wildman–Crippen LogP) is 4.03. The molecule has 1 fully saturated rings. The maximum absolute atomic E-state index is 12.0. The highest BCUT2D eigenvalue weighted by molar-refractivity contribution is 6.29. The molecule has 0 saturated heterocycles. The van der Waals surface area contributed by atoms with E-state index in [1.165, 1.54) is 12.8 Å². The molecule has 0 N–H and O–H groups in total. The molecular formula is C15H20ClNO2. The van der Waals surface area contributed by atoms with Gasteiger partial charge in [0.1, 0.15) is 5.15 Å². The summed E-state index contributed by atoms with van der Waals surface area (Å²) in [6, 6.07) is 3.26. The number of carbonyl (C=O) groups is 1. The van der Waals surface area contributed by atoms with Crippen molar-refractivity contribution < 1.29 is 9.53 Å². The second-order valence-electron chi connectivity index (χ2n) is 5.56. The highest BCUT2D eigenvalue weighted by atomic mass is 35.5. The molecule has 2 atom stereocenters. The molecular weight excluding hydrogens is 262 g/mol. The number of pyridine rings is 1. The minimum absolute atomic E-state index is 0.300. The summed E-state index contributed by atoms with van der Waals surface area (Å²) in [4.78, 5) is 16.0. The zero-order valence-electron chi connectivity index (χ0n) is 11.5. The fourth-order valence-corrected chi connectivity index (χ4v) is 2.98. The first-order chi connectivity index (χ1) is 9.04. The summed E-state index contributed by atoms with van der Waals surface area (Å²) in [7, 11) is 0. The van der Waals surface area contributed by atoms with Gasteiger partial charge >= 0.3 is 5.97 Å². The first kappa shape index (κ1) is 14.3. The van der Waals surface area contributed by atoms with Gasteiger partial charge in [0.15, 0.2) is 0 Å². The number of esters is 1. The number of hydrogen-bond acceptors (Lipinski definition) is 3. The highest BCUT2D eigenvalue weighted by Gasteiger charge is 2.20. The molecule has 0 aliphatic heterocycles. The summed E-state index contributed by atoms with van der Waals surface area (Å²) in [5.74, 6) is 0.951. The lowest BCUT2D eigenvalue weighted by Crippen LogP contribution is -2.20. The summed E-state index contributed by atoms with van der Waals surface area (Å²) in [5, 5.41) is 0.332.